The molecule has 0 spiro atoms. The molecule has 1 aromatic heterocycles. The van der Waals surface area contributed by atoms with E-state index in [1.165, 1.54) is 44.1 Å². The zero-order valence-electron chi connectivity index (χ0n) is 15.7. The van der Waals surface area contributed by atoms with Gasteiger partial charge < -0.3 is 5.73 Å². The van der Waals surface area contributed by atoms with E-state index >= 15 is 0 Å². The Kier molecular flexibility index (Phi) is 6.40. The lowest BCUT2D eigenvalue weighted by atomic mass is 10.1. The normalized spacial score (nSPS) is 15.8. The quantitative estimate of drug-likeness (QED) is 0.785. The van der Waals surface area contributed by atoms with Crippen LogP contribution in [-0.4, -0.2) is 28.4 Å². The van der Waals surface area contributed by atoms with Crippen LogP contribution in [0.5, 0.6) is 0 Å². The number of nitrogens with zero attached hydrogens (tertiary/aromatic N) is 2. The van der Waals surface area contributed by atoms with Crippen LogP contribution in [0.2, 0.25) is 0 Å². The molecule has 0 radical (unpaired) electrons. The number of pyridine rings is 1. The number of carbonyl (C=O) groups excluding carboxylic acids is 1. The van der Waals surface area contributed by atoms with Crippen molar-refractivity contribution in [3.8, 4) is 11.3 Å². The molecule has 1 heterocycles. The van der Waals surface area contributed by atoms with E-state index in [-0.39, 0.29) is 0 Å². The van der Waals surface area contributed by atoms with Crippen LogP contribution in [0.15, 0.2) is 42.6 Å². The topological polar surface area (TPSA) is 59.2 Å². The Bertz CT molecular complexity index is 718. The van der Waals surface area contributed by atoms with Crippen molar-refractivity contribution in [2.45, 2.75) is 58.0 Å². The molecule has 2 N–H and O–H groups in total. The Morgan fingerprint density at radius 1 is 1.15 bits per heavy atom. The first-order valence-electron chi connectivity index (χ1n) is 9.76. The zero-order chi connectivity index (χ0) is 18.4. The summed E-state index contributed by atoms with van der Waals surface area (Å²) in [6, 6.07) is 12.2. The van der Waals surface area contributed by atoms with E-state index in [4.69, 9.17) is 5.73 Å². The molecule has 4 nitrogen and oxygen atoms in total. The number of nitrogens with two attached hydrogens (primary N) is 1. The minimum absolute atomic E-state index is 0.412. The fraction of sp³-hybridized carbons (Fsp3) is 0.455. The van der Waals surface area contributed by atoms with Gasteiger partial charge in [0.05, 0.1) is 5.69 Å². The highest BCUT2D eigenvalue weighted by molar-refractivity contribution is 5.93. The third-order valence-corrected chi connectivity index (χ3v) is 5.40. The van der Waals surface area contributed by atoms with Crippen LogP contribution in [0, 0.1) is 0 Å². The minimum Gasteiger partial charge on any atom is -0.366 e. The number of benzene rings is 1. The van der Waals surface area contributed by atoms with Crippen LogP contribution in [0.4, 0.5) is 0 Å². The molecule has 1 saturated carbocycles. The molecule has 3 rings (SSSR count). The number of carbonyl (C=O) groups is 1. The van der Waals surface area contributed by atoms with Crippen molar-refractivity contribution in [1.82, 2.24) is 9.88 Å². The van der Waals surface area contributed by atoms with Crippen LogP contribution in [0.25, 0.3) is 11.3 Å². The second-order valence-corrected chi connectivity index (χ2v) is 7.21. The molecule has 0 unspecified atom stereocenters. The van der Waals surface area contributed by atoms with E-state index in [1.54, 1.807) is 12.1 Å². The van der Waals surface area contributed by atoms with Crippen molar-refractivity contribution >= 4 is 5.91 Å². The molecule has 138 valence electrons. The average molecular weight is 351 g/mol. The Balaban J connectivity index is 1.70. The largest absolute Gasteiger partial charge is 0.366 e. The molecule has 2 aromatic rings. The van der Waals surface area contributed by atoms with Crippen molar-refractivity contribution in [2.24, 2.45) is 5.73 Å². The number of hydrogen-bond donors (Lipinski definition) is 1. The van der Waals surface area contributed by atoms with Crippen molar-refractivity contribution in [3.05, 3.63) is 53.7 Å². The van der Waals surface area contributed by atoms with Crippen LogP contribution < -0.4 is 5.73 Å². The van der Waals surface area contributed by atoms with Crippen LogP contribution in [0.1, 0.15) is 61.4 Å². The molecule has 1 aromatic carbocycles. The van der Waals surface area contributed by atoms with Crippen molar-refractivity contribution in [1.29, 1.82) is 0 Å². The lowest BCUT2D eigenvalue weighted by Gasteiger charge is -2.30. The maximum atomic E-state index is 11.4. The molecule has 26 heavy (non-hydrogen) atoms. The van der Waals surface area contributed by atoms with Gasteiger partial charge in [-0.1, -0.05) is 50.8 Å². The fourth-order valence-corrected chi connectivity index (χ4v) is 3.88. The Hall–Kier alpha value is -2.20. The van der Waals surface area contributed by atoms with Crippen LogP contribution >= 0.6 is 0 Å². The van der Waals surface area contributed by atoms with Crippen molar-refractivity contribution in [2.75, 3.05) is 6.54 Å². The summed E-state index contributed by atoms with van der Waals surface area (Å²) in [5.41, 5.74) is 8.92. The molecular formula is C22H29N3O. The lowest BCUT2D eigenvalue weighted by Crippen LogP contribution is -2.34. The smallest absolute Gasteiger partial charge is 0.248 e. The van der Waals surface area contributed by atoms with Crippen LogP contribution in [-0.2, 0) is 6.54 Å². The van der Waals surface area contributed by atoms with Gasteiger partial charge >= 0.3 is 0 Å². The summed E-state index contributed by atoms with van der Waals surface area (Å²) in [7, 11) is 0. The third kappa shape index (κ3) is 4.70. The number of rotatable bonds is 6. The highest BCUT2D eigenvalue weighted by Gasteiger charge is 2.19. The standard InChI is InChI=1S/C22H29N3O/c1-2-25(20-10-5-3-4-6-11-20)16-17-12-13-21(24-15-17)18-8-7-9-19(14-18)22(23)26/h7-9,12-15,20H,2-6,10-11,16H2,1H3,(H2,23,26). The molecule has 0 atom stereocenters. The highest BCUT2D eigenvalue weighted by Crippen LogP contribution is 2.24. The van der Waals surface area contributed by atoms with E-state index in [0.29, 0.717) is 11.6 Å². The van der Waals surface area contributed by atoms with Gasteiger partial charge in [-0.2, -0.15) is 0 Å². The Morgan fingerprint density at radius 3 is 2.54 bits per heavy atom. The predicted octanol–water partition coefficient (Wildman–Crippen LogP) is 4.39. The summed E-state index contributed by atoms with van der Waals surface area (Å²) in [4.78, 5) is 18.6. The van der Waals surface area contributed by atoms with Gasteiger partial charge in [0.1, 0.15) is 0 Å². The highest BCUT2D eigenvalue weighted by atomic mass is 16.1. The van der Waals surface area contributed by atoms with E-state index in [1.807, 2.05) is 24.4 Å². The number of amides is 1. The maximum absolute atomic E-state index is 11.4. The first-order chi connectivity index (χ1) is 12.7. The van der Waals surface area contributed by atoms with Gasteiger partial charge in [-0.25, -0.2) is 0 Å². The SMILES string of the molecule is CCN(Cc1ccc(-c2cccc(C(N)=O)c2)nc1)C1CCCCCC1. The van der Waals surface area contributed by atoms with Gasteiger partial charge in [-0.15, -0.1) is 0 Å². The summed E-state index contributed by atoms with van der Waals surface area (Å²) in [6.07, 6.45) is 10.1. The molecule has 1 aliphatic carbocycles. The summed E-state index contributed by atoms with van der Waals surface area (Å²) >= 11 is 0. The first-order valence-corrected chi connectivity index (χ1v) is 9.76. The fourth-order valence-electron chi connectivity index (χ4n) is 3.88. The van der Waals surface area contributed by atoms with Gasteiger partial charge in [-0.3, -0.25) is 14.7 Å². The minimum atomic E-state index is -0.412. The summed E-state index contributed by atoms with van der Waals surface area (Å²) in [5, 5.41) is 0. The van der Waals surface area contributed by atoms with Crippen LogP contribution in [0.3, 0.4) is 0 Å². The first kappa shape index (κ1) is 18.6. The van der Waals surface area contributed by atoms with E-state index in [9.17, 15) is 4.79 Å². The number of primary amides is 1. The molecule has 1 aliphatic rings. The molecule has 0 bridgehead atoms. The molecule has 0 aliphatic heterocycles. The monoisotopic (exact) mass is 351 g/mol. The Morgan fingerprint density at radius 2 is 1.92 bits per heavy atom. The molecule has 1 fully saturated rings. The number of hydrogen-bond acceptors (Lipinski definition) is 3. The van der Waals surface area contributed by atoms with Gasteiger partial charge in [0.25, 0.3) is 0 Å². The molecule has 1 amide bonds. The summed E-state index contributed by atoms with van der Waals surface area (Å²) in [5.74, 6) is -0.412. The van der Waals surface area contributed by atoms with E-state index < -0.39 is 5.91 Å². The lowest BCUT2D eigenvalue weighted by molar-refractivity contribution is 0.100. The van der Waals surface area contributed by atoms with Crippen molar-refractivity contribution < 1.29 is 4.79 Å². The molecule has 4 heteroatoms. The van der Waals surface area contributed by atoms with Gasteiger partial charge in [0, 0.05) is 29.9 Å². The maximum Gasteiger partial charge on any atom is 0.248 e. The van der Waals surface area contributed by atoms with Crippen molar-refractivity contribution in [3.63, 3.8) is 0 Å². The number of aromatic nitrogens is 1. The van der Waals surface area contributed by atoms with E-state index in [2.05, 4.69) is 22.9 Å². The molecular weight excluding hydrogens is 322 g/mol. The summed E-state index contributed by atoms with van der Waals surface area (Å²) < 4.78 is 0. The second kappa shape index (κ2) is 8.95. The Labute approximate surface area is 156 Å². The third-order valence-electron chi connectivity index (χ3n) is 5.40. The average Bonchev–Trinajstić information content (AvgIpc) is 2.96. The second-order valence-electron chi connectivity index (χ2n) is 7.21. The zero-order valence-corrected chi connectivity index (χ0v) is 15.7. The molecule has 0 saturated heterocycles. The van der Waals surface area contributed by atoms with E-state index in [0.717, 1.165) is 24.3 Å². The summed E-state index contributed by atoms with van der Waals surface area (Å²) in [6.45, 7) is 4.28. The predicted molar refractivity (Wildman–Crippen MR) is 106 cm³/mol. The van der Waals surface area contributed by atoms with Gasteiger partial charge in [0.2, 0.25) is 5.91 Å². The van der Waals surface area contributed by atoms with Gasteiger partial charge in [-0.05, 0) is 43.1 Å². The van der Waals surface area contributed by atoms with Gasteiger partial charge in [0.15, 0.2) is 0 Å².